The molecule has 0 radical (unpaired) electrons. The maximum Gasteiger partial charge on any atom is 0.307 e. The Bertz CT molecular complexity index is 973. The molecular formula is C25H34N6O2. The molecule has 2 atom stereocenters. The third-order valence-electron chi connectivity index (χ3n) is 6.54. The average Bonchev–Trinajstić information content (AvgIpc) is 3.37. The van der Waals surface area contributed by atoms with Crippen molar-refractivity contribution in [3.63, 3.8) is 0 Å². The molecule has 1 fully saturated rings. The number of hydrazone groups is 1. The molecule has 0 amide bonds. The van der Waals surface area contributed by atoms with E-state index in [9.17, 15) is 9.90 Å². The highest BCUT2D eigenvalue weighted by Gasteiger charge is 2.33. The molecule has 3 heterocycles. The van der Waals surface area contributed by atoms with Crippen LogP contribution in [0.3, 0.4) is 0 Å². The van der Waals surface area contributed by atoms with E-state index in [1.54, 1.807) is 0 Å². The zero-order valence-electron chi connectivity index (χ0n) is 19.3. The van der Waals surface area contributed by atoms with Gasteiger partial charge in [0.05, 0.1) is 5.92 Å². The van der Waals surface area contributed by atoms with Gasteiger partial charge in [0.15, 0.2) is 0 Å². The van der Waals surface area contributed by atoms with Crippen LogP contribution in [0.1, 0.15) is 50.2 Å². The topological polar surface area (TPSA) is 102 Å². The number of benzene rings is 1. The lowest BCUT2D eigenvalue weighted by Crippen LogP contribution is -2.42. The van der Waals surface area contributed by atoms with E-state index in [1.165, 1.54) is 24.8 Å². The van der Waals surface area contributed by atoms with E-state index in [0.29, 0.717) is 18.7 Å². The van der Waals surface area contributed by atoms with Crippen LogP contribution in [0.5, 0.6) is 0 Å². The Morgan fingerprint density at radius 1 is 1.12 bits per heavy atom. The molecule has 0 bridgehead atoms. The van der Waals surface area contributed by atoms with Gasteiger partial charge in [-0.3, -0.25) is 20.1 Å². The van der Waals surface area contributed by atoms with E-state index >= 15 is 0 Å². The fourth-order valence-electron chi connectivity index (χ4n) is 4.86. The van der Waals surface area contributed by atoms with Gasteiger partial charge in [0.1, 0.15) is 5.84 Å². The van der Waals surface area contributed by atoms with Crippen molar-refractivity contribution in [3.05, 3.63) is 53.9 Å². The number of hydrazine groups is 2. The zero-order valence-corrected chi connectivity index (χ0v) is 19.3. The summed E-state index contributed by atoms with van der Waals surface area (Å²) < 4.78 is 0. The number of pyridine rings is 1. The number of amidine groups is 1. The molecule has 1 aromatic carbocycles. The molecule has 8 heteroatoms. The third-order valence-corrected chi connectivity index (χ3v) is 6.54. The molecule has 2 aliphatic rings. The Kier molecular flexibility index (Phi) is 7.91. The van der Waals surface area contributed by atoms with Crippen molar-refractivity contribution in [3.8, 4) is 11.1 Å². The standard InChI is InChI=1S/C25H34N6O2/c1-2-7-22(25(32)33)23(24-27-29-30-28-24)14-18-8-6-9-20(12-18)21-13-19(15-26-16-21)17-31-10-4-3-5-11-31/h6,8-9,12-13,15-16,22-23,29-30H,2-5,7,10-11,14,17H2,1H3,(H,27,28)(H,32,33). The summed E-state index contributed by atoms with van der Waals surface area (Å²) in [6.07, 6.45) is 9.74. The van der Waals surface area contributed by atoms with Crippen molar-refractivity contribution in [1.82, 2.24) is 26.4 Å². The number of aromatic nitrogens is 1. The van der Waals surface area contributed by atoms with Crippen molar-refractivity contribution in [1.29, 1.82) is 0 Å². The lowest BCUT2D eigenvalue weighted by molar-refractivity contribution is -0.143. The van der Waals surface area contributed by atoms with E-state index in [4.69, 9.17) is 0 Å². The van der Waals surface area contributed by atoms with Crippen molar-refractivity contribution in [2.45, 2.75) is 52.0 Å². The van der Waals surface area contributed by atoms with Crippen LogP contribution in [-0.4, -0.2) is 39.9 Å². The molecule has 0 aliphatic carbocycles. The second kappa shape index (κ2) is 11.2. The summed E-state index contributed by atoms with van der Waals surface area (Å²) in [5.41, 5.74) is 12.9. The highest BCUT2D eigenvalue weighted by atomic mass is 16.4. The second-order valence-corrected chi connectivity index (χ2v) is 9.02. The Balaban J connectivity index is 1.54. The first-order valence-electron chi connectivity index (χ1n) is 12.0. The van der Waals surface area contributed by atoms with Gasteiger partial charge >= 0.3 is 5.97 Å². The predicted octanol–water partition coefficient (Wildman–Crippen LogP) is 3.32. The van der Waals surface area contributed by atoms with Gasteiger partial charge in [0.25, 0.3) is 0 Å². The number of carboxylic acids is 1. The fourth-order valence-corrected chi connectivity index (χ4v) is 4.86. The lowest BCUT2D eigenvalue weighted by Gasteiger charge is -2.26. The molecule has 2 aromatic rings. The number of hydrogen-bond donors (Lipinski definition) is 4. The maximum atomic E-state index is 12.0. The molecule has 2 unspecified atom stereocenters. The number of rotatable bonds is 10. The number of aliphatic carboxylic acids is 1. The largest absolute Gasteiger partial charge is 0.481 e. The number of nitrogens with zero attached hydrogens (tertiary/aromatic N) is 3. The van der Waals surface area contributed by atoms with Crippen LogP contribution in [0, 0.1) is 11.8 Å². The number of nitrogens with one attached hydrogen (secondary N) is 3. The molecule has 4 N–H and O–H groups in total. The van der Waals surface area contributed by atoms with Crippen molar-refractivity contribution in [2.24, 2.45) is 16.9 Å². The zero-order chi connectivity index (χ0) is 23.0. The lowest BCUT2D eigenvalue weighted by atomic mass is 9.82. The van der Waals surface area contributed by atoms with Gasteiger partial charge in [-0.2, -0.15) is 0 Å². The average molecular weight is 451 g/mol. The maximum absolute atomic E-state index is 12.0. The second-order valence-electron chi connectivity index (χ2n) is 9.02. The van der Waals surface area contributed by atoms with Crippen molar-refractivity contribution >= 4 is 11.8 Å². The molecule has 33 heavy (non-hydrogen) atoms. The van der Waals surface area contributed by atoms with E-state index in [-0.39, 0.29) is 5.92 Å². The monoisotopic (exact) mass is 450 g/mol. The van der Waals surface area contributed by atoms with Crippen LogP contribution in [-0.2, 0) is 17.8 Å². The molecule has 2 aliphatic heterocycles. The van der Waals surface area contributed by atoms with Crippen LogP contribution in [0.2, 0.25) is 0 Å². The Morgan fingerprint density at radius 3 is 2.67 bits per heavy atom. The molecule has 8 nitrogen and oxygen atoms in total. The SMILES string of the molecule is CCCC(C(=O)O)C(Cc1cccc(-c2cncc(CN3CCCCC3)c2)c1)C1=NNNN1. The number of piperidine rings is 1. The van der Waals surface area contributed by atoms with Gasteiger partial charge in [-0.25, -0.2) is 5.53 Å². The van der Waals surface area contributed by atoms with E-state index in [0.717, 1.165) is 42.7 Å². The van der Waals surface area contributed by atoms with E-state index < -0.39 is 11.9 Å². The molecule has 1 saturated heterocycles. The minimum absolute atomic E-state index is 0.260. The number of hydrogen-bond acceptors (Lipinski definition) is 7. The van der Waals surface area contributed by atoms with Gasteiger partial charge in [-0.15, -0.1) is 10.6 Å². The first kappa shape index (κ1) is 23.2. The summed E-state index contributed by atoms with van der Waals surface area (Å²) in [7, 11) is 0. The molecule has 176 valence electrons. The number of carboxylic acid groups (broad SMARTS) is 1. The Hall–Kier alpha value is -2.97. The van der Waals surface area contributed by atoms with Crippen LogP contribution in [0.4, 0.5) is 0 Å². The smallest absolute Gasteiger partial charge is 0.307 e. The Morgan fingerprint density at radius 2 is 1.94 bits per heavy atom. The van der Waals surface area contributed by atoms with Crippen molar-refractivity contribution in [2.75, 3.05) is 13.1 Å². The van der Waals surface area contributed by atoms with Gasteiger partial charge in [-0.05, 0) is 61.5 Å². The minimum Gasteiger partial charge on any atom is -0.481 e. The normalized spacial score (nSPS) is 18.2. The molecule has 4 rings (SSSR count). The quantitative estimate of drug-likeness (QED) is 0.440. The minimum atomic E-state index is -0.788. The number of likely N-dealkylation sites (tertiary alicyclic amines) is 1. The van der Waals surface area contributed by atoms with E-state index in [1.807, 2.05) is 25.4 Å². The van der Waals surface area contributed by atoms with Crippen molar-refractivity contribution < 1.29 is 9.90 Å². The summed E-state index contributed by atoms with van der Waals surface area (Å²) in [6, 6.07) is 10.6. The van der Waals surface area contributed by atoms with Crippen LogP contribution in [0.25, 0.3) is 11.1 Å². The first-order chi connectivity index (χ1) is 16.1. The molecule has 0 saturated carbocycles. The van der Waals surface area contributed by atoms with Gasteiger partial charge < -0.3 is 5.11 Å². The summed E-state index contributed by atoms with van der Waals surface area (Å²) in [6.45, 7) is 5.26. The fraction of sp³-hybridized carbons (Fsp3) is 0.480. The summed E-state index contributed by atoms with van der Waals surface area (Å²) in [4.78, 5) is 19.0. The highest BCUT2D eigenvalue weighted by Crippen LogP contribution is 2.27. The van der Waals surface area contributed by atoms with Gasteiger partial charge in [0, 0.05) is 30.4 Å². The summed E-state index contributed by atoms with van der Waals surface area (Å²) in [5.74, 6) is -0.930. The summed E-state index contributed by atoms with van der Waals surface area (Å²) in [5, 5.41) is 14.1. The predicted molar refractivity (Wildman–Crippen MR) is 129 cm³/mol. The highest BCUT2D eigenvalue weighted by molar-refractivity contribution is 5.89. The van der Waals surface area contributed by atoms with Crippen LogP contribution >= 0.6 is 0 Å². The Labute approximate surface area is 195 Å². The van der Waals surface area contributed by atoms with Crippen LogP contribution < -0.4 is 16.5 Å². The van der Waals surface area contributed by atoms with Crippen LogP contribution in [0.15, 0.2) is 47.8 Å². The number of carbonyl (C=O) groups is 1. The molecular weight excluding hydrogens is 416 g/mol. The van der Waals surface area contributed by atoms with Gasteiger partial charge in [-0.1, -0.05) is 44.0 Å². The molecule has 0 spiro atoms. The first-order valence-corrected chi connectivity index (χ1v) is 12.0. The van der Waals surface area contributed by atoms with Gasteiger partial charge in [0.2, 0.25) is 0 Å². The third kappa shape index (κ3) is 6.09. The molecule has 1 aromatic heterocycles. The van der Waals surface area contributed by atoms with E-state index in [2.05, 4.69) is 55.7 Å². The summed E-state index contributed by atoms with van der Waals surface area (Å²) >= 11 is 0.